The topological polar surface area (TPSA) is 65.8 Å². The Hall–Kier alpha value is -2.10. The maximum atomic E-state index is 12.7. The van der Waals surface area contributed by atoms with Crippen LogP contribution >= 0.6 is 24.0 Å². The van der Waals surface area contributed by atoms with Crippen molar-refractivity contribution in [1.82, 2.24) is 24.7 Å². The predicted octanol–water partition coefficient (Wildman–Crippen LogP) is 4.18. The Morgan fingerprint density at radius 2 is 1.88 bits per heavy atom. The van der Waals surface area contributed by atoms with Crippen molar-refractivity contribution in [2.45, 2.75) is 52.1 Å². The van der Waals surface area contributed by atoms with E-state index in [1.807, 2.05) is 41.7 Å². The molecule has 180 valence electrons. The molecule has 33 heavy (non-hydrogen) atoms. The third kappa shape index (κ3) is 6.49. The number of likely N-dealkylation sites (tertiary alicyclic amines) is 2. The quantitative estimate of drug-likeness (QED) is 0.337. The lowest BCUT2D eigenvalue weighted by molar-refractivity contribution is 0.0724. The summed E-state index contributed by atoms with van der Waals surface area (Å²) in [5, 5.41) is 3.47. The van der Waals surface area contributed by atoms with E-state index in [-0.39, 0.29) is 29.9 Å². The lowest BCUT2D eigenvalue weighted by Gasteiger charge is -2.39. The predicted molar refractivity (Wildman–Crippen MR) is 143 cm³/mol. The molecule has 8 heteroatoms. The van der Waals surface area contributed by atoms with Gasteiger partial charge in [0.25, 0.3) is 5.91 Å². The van der Waals surface area contributed by atoms with E-state index in [0.717, 1.165) is 69.1 Å². The van der Waals surface area contributed by atoms with Crippen molar-refractivity contribution in [3.05, 3.63) is 54.1 Å². The van der Waals surface area contributed by atoms with Gasteiger partial charge in [0.2, 0.25) is 0 Å². The van der Waals surface area contributed by atoms with E-state index in [1.165, 1.54) is 6.42 Å². The van der Waals surface area contributed by atoms with Crippen molar-refractivity contribution in [1.29, 1.82) is 0 Å². The molecule has 0 bridgehead atoms. The van der Waals surface area contributed by atoms with Crippen molar-refractivity contribution in [2.24, 2.45) is 10.9 Å². The second-order valence-corrected chi connectivity index (χ2v) is 9.01. The van der Waals surface area contributed by atoms with E-state index in [1.54, 1.807) is 0 Å². The van der Waals surface area contributed by atoms with Gasteiger partial charge in [0.15, 0.2) is 5.96 Å². The number of aromatic nitrogens is 2. The molecular weight excluding hydrogens is 527 g/mol. The molecule has 1 aromatic carbocycles. The Kier molecular flexibility index (Phi) is 9.58. The summed E-state index contributed by atoms with van der Waals surface area (Å²) in [6.07, 6.45) is 10.4. The highest BCUT2D eigenvalue weighted by atomic mass is 127. The van der Waals surface area contributed by atoms with Crippen LogP contribution in [-0.4, -0.2) is 63.9 Å². The van der Waals surface area contributed by atoms with Gasteiger partial charge < -0.3 is 19.7 Å². The van der Waals surface area contributed by atoms with Gasteiger partial charge in [-0.25, -0.2) is 9.98 Å². The normalized spacial score (nSPS) is 21.5. The summed E-state index contributed by atoms with van der Waals surface area (Å²) >= 11 is 0. The van der Waals surface area contributed by atoms with Crippen LogP contribution < -0.4 is 5.32 Å². The summed E-state index contributed by atoms with van der Waals surface area (Å²) in [6, 6.07) is 8.38. The van der Waals surface area contributed by atoms with Crippen LogP contribution in [0.2, 0.25) is 0 Å². The monoisotopic (exact) mass is 564 g/mol. The highest BCUT2D eigenvalue weighted by Gasteiger charge is 2.28. The molecule has 1 aromatic heterocycles. The van der Waals surface area contributed by atoms with E-state index < -0.39 is 0 Å². The Labute approximate surface area is 214 Å². The second kappa shape index (κ2) is 12.4. The zero-order valence-electron chi connectivity index (χ0n) is 19.8. The first-order valence-electron chi connectivity index (χ1n) is 12.0. The van der Waals surface area contributed by atoms with Gasteiger partial charge in [0.05, 0.1) is 18.9 Å². The van der Waals surface area contributed by atoms with E-state index in [9.17, 15) is 4.79 Å². The molecule has 1 amide bonds. The molecule has 2 saturated heterocycles. The van der Waals surface area contributed by atoms with Gasteiger partial charge in [-0.1, -0.05) is 19.1 Å². The zero-order chi connectivity index (χ0) is 22.3. The minimum Gasteiger partial charge on any atom is -0.357 e. The number of aliphatic imine (C=N–C) groups is 1. The first-order valence-corrected chi connectivity index (χ1v) is 12.0. The first-order chi connectivity index (χ1) is 15.7. The molecule has 2 fully saturated rings. The van der Waals surface area contributed by atoms with Crippen LogP contribution in [0.25, 0.3) is 0 Å². The smallest absolute Gasteiger partial charge is 0.253 e. The highest BCUT2D eigenvalue weighted by molar-refractivity contribution is 14.0. The number of nitrogens with zero attached hydrogens (tertiary/aromatic N) is 5. The molecule has 2 aromatic rings. The SMILES string of the molecule is CCNC(=NCc1ccc(C(=O)N2CCCCC2)cc1)N1CCC(C)C(n2ccnc2)C1.I. The fraction of sp³-hybridized carbons (Fsp3) is 0.560. The van der Waals surface area contributed by atoms with Crippen LogP contribution in [-0.2, 0) is 6.54 Å². The highest BCUT2D eigenvalue weighted by Crippen LogP contribution is 2.27. The number of piperidine rings is 2. The van der Waals surface area contributed by atoms with Crippen LogP contribution in [0.4, 0.5) is 0 Å². The van der Waals surface area contributed by atoms with Gasteiger partial charge >= 0.3 is 0 Å². The molecule has 0 saturated carbocycles. The number of benzene rings is 1. The van der Waals surface area contributed by atoms with Gasteiger partial charge in [-0.3, -0.25) is 4.79 Å². The number of halogens is 1. The number of rotatable bonds is 5. The lowest BCUT2D eigenvalue weighted by atomic mass is 9.93. The van der Waals surface area contributed by atoms with Crippen LogP contribution in [0.3, 0.4) is 0 Å². The van der Waals surface area contributed by atoms with Crippen LogP contribution in [0.15, 0.2) is 48.0 Å². The molecule has 3 heterocycles. The van der Waals surface area contributed by atoms with Crippen molar-refractivity contribution >= 4 is 35.8 Å². The number of hydrogen-bond donors (Lipinski definition) is 1. The van der Waals surface area contributed by atoms with Crippen LogP contribution in [0, 0.1) is 5.92 Å². The number of hydrogen-bond acceptors (Lipinski definition) is 3. The number of nitrogens with one attached hydrogen (secondary N) is 1. The van der Waals surface area contributed by atoms with Gasteiger partial charge in [-0.05, 0) is 56.2 Å². The molecule has 2 aliphatic rings. The molecule has 2 aliphatic heterocycles. The van der Waals surface area contributed by atoms with Gasteiger partial charge in [0.1, 0.15) is 0 Å². The number of guanidine groups is 1. The average Bonchev–Trinajstić information content (AvgIpc) is 3.37. The molecule has 0 spiro atoms. The van der Waals surface area contributed by atoms with Crippen molar-refractivity contribution in [2.75, 3.05) is 32.7 Å². The van der Waals surface area contributed by atoms with E-state index in [2.05, 4.69) is 39.8 Å². The van der Waals surface area contributed by atoms with Crippen molar-refractivity contribution in [3.8, 4) is 0 Å². The van der Waals surface area contributed by atoms with Crippen LogP contribution in [0.1, 0.15) is 61.5 Å². The number of carbonyl (C=O) groups excluding carboxylic acids is 1. The maximum absolute atomic E-state index is 12.7. The first kappa shape index (κ1) is 25.5. The Morgan fingerprint density at radius 1 is 1.12 bits per heavy atom. The van der Waals surface area contributed by atoms with Gasteiger partial charge in [-0.15, -0.1) is 24.0 Å². The maximum Gasteiger partial charge on any atom is 0.253 e. The minimum absolute atomic E-state index is 0. The standard InChI is InChI=1S/C25H36N6O.HI/c1-3-27-25(30-15-11-20(2)23(18-30)31-16-12-26-19-31)28-17-21-7-9-22(10-8-21)24(32)29-13-5-4-6-14-29;/h7-10,12,16,19-20,23H,3-6,11,13-15,17-18H2,1-2H3,(H,27,28);1H. The Balaban J connectivity index is 0.00000306. The second-order valence-electron chi connectivity index (χ2n) is 9.01. The van der Waals surface area contributed by atoms with E-state index in [0.29, 0.717) is 18.5 Å². The summed E-state index contributed by atoms with van der Waals surface area (Å²) in [7, 11) is 0. The molecule has 2 atom stereocenters. The zero-order valence-corrected chi connectivity index (χ0v) is 22.2. The lowest BCUT2D eigenvalue weighted by Crippen LogP contribution is -2.49. The van der Waals surface area contributed by atoms with Gasteiger partial charge in [-0.2, -0.15) is 0 Å². The molecule has 7 nitrogen and oxygen atoms in total. The van der Waals surface area contributed by atoms with E-state index in [4.69, 9.17) is 4.99 Å². The average molecular weight is 565 g/mol. The summed E-state index contributed by atoms with van der Waals surface area (Å²) in [4.78, 5) is 26.2. The van der Waals surface area contributed by atoms with Crippen molar-refractivity contribution in [3.63, 3.8) is 0 Å². The number of amides is 1. The summed E-state index contributed by atoms with van der Waals surface area (Å²) < 4.78 is 2.22. The van der Waals surface area contributed by atoms with Crippen LogP contribution in [0.5, 0.6) is 0 Å². The third-order valence-corrected chi connectivity index (χ3v) is 6.72. The summed E-state index contributed by atoms with van der Waals surface area (Å²) in [6.45, 7) is 9.55. The minimum atomic E-state index is 0. The Bertz CT molecular complexity index is 892. The summed E-state index contributed by atoms with van der Waals surface area (Å²) in [5.74, 6) is 1.72. The molecule has 0 radical (unpaired) electrons. The largest absolute Gasteiger partial charge is 0.357 e. The molecule has 0 aliphatic carbocycles. The number of imidazole rings is 1. The molecule has 1 N–H and O–H groups in total. The fourth-order valence-electron chi connectivity index (χ4n) is 4.72. The molecule has 2 unspecified atom stereocenters. The summed E-state index contributed by atoms with van der Waals surface area (Å²) in [5.41, 5.74) is 1.90. The number of carbonyl (C=O) groups is 1. The Morgan fingerprint density at radius 3 is 2.55 bits per heavy atom. The van der Waals surface area contributed by atoms with Crippen molar-refractivity contribution < 1.29 is 4.79 Å². The molecule has 4 rings (SSSR count). The van der Waals surface area contributed by atoms with Gasteiger partial charge in [0, 0.05) is 50.7 Å². The fourth-order valence-corrected chi connectivity index (χ4v) is 4.72. The molecular formula is C25H37IN6O. The van der Waals surface area contributed by atoms with E-state index >= 15 is 0 Å². The third-order valence-electron chi connectivity index (χ3n) is 6.72.